The summed E-state index contributed by atoms with van der Waals surface area (Å²) in [4.78, 5) is 4.44. The first-order valence-electron chi connectivity index (χ1n) is 6.38. The molecule has 0 unspecified atom stereocenters. The van der Waals surface area contributed by atoms with Crippen LogP contribution in [0.2, 0.25) is 0 Å². The standard InChI is InChI=1S/C13H21N5/c1-5-6-12-15-7-8-18(12)13-11(9-14-3)10(2)16-17(13)4/h7-8,14H,5-6,9H2,1-4H3. The molecule has 0 aromatic carbocycles. The zero-order valence-electron chi connectivity index (χ0n) is 11.6. The van der Waals surface area contributed by atoms with Gasteiger partial charge in [0, 0.05) is 38.0 Å². The summed E-state index contributed by atoms with van der Waals surface area (Å²) < 4.78 is 4.08. The fourth-order valence-electron chi connectivity index (χ4n) is 2.31. The quantitative estimate of drug-likeness (QED) is 0.872. The van der Waals surface area contributed by atoms with Crippen LogP contribution in [0.5, 0.6) is 0 Å². The van der Waals surface area contributed by atoms with Gasteiger partial charge in [-0.25, -0.2) is 4.98 Å². The van der Waals surface area contributed by atoms with Crippen LogP contribution < -0.4 is 5.32 Å². The minimum absolute atomic E-state index is 0.818. The van der Waals surface area contributed by atoms with Crippen LogP contribution in [0.1, 0.15) is 30.4 Å². The first kappa shape index (κ1) is 12.8. The van der Waals surface area contributed by atoms with Crippen molar-refractivity contribution in [2.45, 2.75) is 33.2 Å². The summed E-state index contributed by atoms with van der Waals surface area (Å²) in [5.41, 5.74) is 2.30. The monoisotopic (exact) mass is 247 g/mol. The van der Waals surface area contributed by atoms with Crippen LogP contribution in [0, 0.1) is 6.92 Å². The molecule has 0 spiro atoms. The van der Waals surface area contributed by atoms with E-state index in [4.69, 9.17) is 0 Å². The third-order valence-electron chi connectivity index (χ3n) is 3.09. The van der Waals surface area contributed by atoms with E-state index in [9.17, 15) is 0 Å². The fourth-order valence-corrected chi connectivity index (χ4v) is 2.31. The molecule has 1 N–H and O–H groups in total. The van der Waals surface area contributed by atoms with Crippen molar-refractivity contribution in [1.82, 2.24) is 24.6 Å². The van der Waals surface area contributed by atoms with Crippen molar-refractivity contribution in [2.75, 3.05) is 7.05 Å². The van der Waals surface area contributed by atoms with Crippen LogP contribution in [-0.4, -0.2) is 26.4 Å². The fraction of sp³-hybridized carbons (Fsp3) is 0.538. The summed E-state index contributed by atoms with van der Waals surface area (Å²) in [6.07, 6.45) is 5.95. The van der Waals surface area contributed by atoms with Crippen LogP contribution in [0.4, 0.5) is 0 Å². The normalized spacial score (nSPS) is 11.1. The minimum atomic E-state index is 0.818. The van der Waals surface area contributed by atoms with Crippen molar-refractivity contribution < 1.29 is 0 Å². The van der Waals surface area contributed by atoms with Gasteiger partial charge >= 0.3 is 0 Å². The highest BCUT2D eigenvalue weighted by atomic mass is 15.3. The van der Waals surface area contributed by atoms with Crippen LogP contribution in [0.25, 0.3) is 5.82 Å². The van der Waals surface area contributed by atoms with E-state index in [-0.39, 0.29) is 0 Å². The van der Waals surface area contributed by atoms with Crippen molar-refractivity contribution in [3.8, 4) is 5.82 Å². The molecule has 0 bridgehead atoms. The first-order valence-corrected chi connectivity index (χ1v) is 6.38. The molecule has 0 fully saturated rings. The molecule has 2 heterocycles. The molecule has 0 aliphatic rings. The van der Waals surface area contributed by atoms with Crippen molar-refractivity contribution in [3.05, 3.63) is 29.5 Å². The number of nitrogens with one attached hydrogen (secondary N) is 1. The van der Waals surface area contributed by atoms with E-state index in [1.807, 2.05) is 38.1 Å². The average molecular weight is 247 g/mol. The molecule has 2 aromatic heterocycles. The van der Waals surface area contributed by atoms with E-state index in [2.05, 4.69) is 26.9 Å². The summed E-state index contributed by atoms with van der Waals surface area (Å²) in [7, 11) is 3.94. The molecule has 18 heavy (non-hydrogen) atoms. The van der Waals surface area contributed by atoms with Gasteiger partial charge in [0.25, 0.3) is 0 Å². The highest BCUT2D eigenvalue weighted by Gasteiger charge is 2.16. The van der Waals surface area contributed by atoms with E-state index < -0.39 is 0 Å². The first-order chi connectivity index (χ1) is 8.69. The van der Waals surface area contributed by atoms with Gasteiger partial charge in [0.05, 0.1) is 5.69 Å². The lowest BCUT2D eigenvalue weighted by Crippen LogP contribution is -2.12. The topological polar surface area (TPSA) is 47.7 Å². The lowest BCUT2D eigenvalue weighted by Gasteiger charge is -2.10. The second-order valence-electron chi connectivity index (χ2n) is 4.50. The van der Waals surface area contributed by atoms with Gasteiger partial charge in [-0.2, -0.15) is 5.10 Å². The average Bonchev–Trinajstić information content (AvgIpc) is 2.86. The third kappa shape index (κ3) is 2.18. The minimum Gasteiger partial charge on any atom is -0.315 e. The Kier molecular flexibility index (Phi) is 3.81. The summed E-state index contributed by atoms with van der Waals surface area (Å²) >= 11 is 0. The molecule has 0 aliphatic carbocycles. The molecule has 0 radical (unpaired) electrons. The maximum Gasteiger partial charge on any atom is 0.140 e. The predicted octanol–water partition coefficient (Wildman–Crippen LogP) is 1.59. The van der Waals surface area contributed by atoms with Gasteiger partial charge in [0.15, 0.2) is 0 Å². The number of aryl methyl sites for hydroxylation is 3. The maximum absolute atomic E-state index is 4.51. The zero-order chi connectivity index (χ0) is 13.1. The van der Waals surface area contributed by atoms with Crippen LogP contribution in [-0.2, 0) is 20.0 Å². The van der Waals surface area contributed by atoms with Crippen molar-refractivity contribution in [1.29, 1.82) is 0 Å². The van der Waals surface area contributed by atoms with Crippen molar-refractivity contribution in [3.63, 3.8) is 0 Å². The van der Waals surface area contributed by atoms with Gasteiger partial charge in [0.1, 0.15) is 11.6 Å². The van der Waals surface area contributed by atoms with Crippen LogP contribution in [0.15, 0.2) is 12.4 Å². The molecular weight excluding hydrogens is 226 g/mol. The van der Waals surface area contributed by atoms with Crippen molar-refractivity contribution >= 4 is 0 Å². The van der Waals surface area contributed by atoms with Crippen LogP contribution >= 0.6 is 0 Å². The van der Waals surface area contributed by atoms with Gasteiger partial charge in [-0.1, -0.05) is 6.92 Å². The Labute approximate surface area is 108 Å². The van der Waals surface area contributed by atoms with E-state index in [0.29, 0.717) is 0 Å². The van der Waals surface area contributed by atoms with E-state index in [1.54, 1.807) is 0 Å². The van der Waals surface area contributed by atoms with E-state index >= 15 is 0 Å². The number of imidazole rings is 1. The molecule has 0 saturated carbocycles. The molecule has 5 nitrogen and oxygen atoms in total. The van der Waals surface area contributed by atoms with Gasteiger partial charge in [-0.3, -0.25) is 9.25 Å². The van der Waals surface area contributed by atoms with Gasteiger partial charge < -0.3 is 5.32 Å². The van der Waals surface area contributed by atoms with Crippen molar-refractivity contribution in [2.24, 2.45) is 7.05 Å². The molecule has 0 amide bonds. The van der Waals surface area contributed by atoms with E-state index in [0.717, 1.165) is 36.7 Å². The molecule has 5 heteroatoms. The highest BCUT2D eigenvalue weighted by molar-refractivity contribution is 5.39. The highest BCUT2D eigenvalue weighted by Crippen LogP contribution is 2.19. The van der Waals surface area contributed by atoms with Gasteiger partial charge in [-0.05, 0) is 20.4 Å². The number of nitrogens with zero attached hydrogens (tertiary/aromatic N) is 4. The third-order valence-corrected chi connectivity index (χ3v) is 3.09. The molecule has 98 valence electrons. The maximum atomic E-state index is 4.51. The summed E-state index contributed by atoms with van der Waals surface area (Å²) in [5, 5.41) is 7.72. The Morgan fingerprint density at radius 2 is 2.17 bits per heavy atom. The molecule has 0 aliphatic heterocycles. The van der Waals surface area contributed by atoms with Gasteiger partial charge in [0.2, 0.25) is 0 Å². The van der Waals surface area contributed by atoms with E-state index in [1.165, 1.54) is 5.56 Å². The Balaban J connectivity index is 2.52. The summed E-state index contributed by atoms with van der Waals surface area (Å²) in [6, 6.07) is 0. The molecule has 0 saturated heterocycles. The largest absolute Gasteiger partial charge is 0.315 e. The molecule has 2 rings (SSSR count). The Hall–Kier alpha value is -1.62. The molecular formula is C13H21N5. The SMILES string of the molecule is CCCc1nccn1-c1c(CNC)c(C)nn1C. The summed E-state index contributed by atoms with van der Waals surface area (Å²) in [5.74, 6) is 2.21. The lowest BCUT2D eigenvalue weighted by atomic mass is 10.2. The van der Waals surface area contributed by atoms with Crippen LogP contribution in [0.3, 0.4) is 0 Å². The Bertz CT molecular complexity index is 523. The Morgan fingerprint density at radius 3 is 2.83 bits per heavy atom. The molecule has 2 aromatic rings. The molecule has 0 atom stereocenters. The smallest absolute Gasteiger partial charge is 0.140 e. The zero-order valence-corrected chi connectivity index (χ0v) is 11.6. The number of hydrogen-bond donors (Lipinski definition) is 1. The lowest BCUT2D eigenvalue weighted by molar-refractivity contribution is 0.695. The van der Waals surface area contributed by atoms with Gasteiger partial charge in [-0.15, -0.1) is 0 Å². The Morgan fingerprint density at radius 1 is 1.39 bits per heavy atom. The number of hydrogen-bond acceptors (Lipinski definition) is 3. The number of rotatable bonds is 5. The second kappa shape index (κ2) is 5.35. The predicted molar refractivity (Wildman–Crippen MR) is 71.8 cm³/mol. The second-order valence-corrected chi connectivity index (χ2v) is 4.50. The summed E-state index contributed by atoms with van der Waals surface area (Å²) in [6.45, 7) is 5.04. The number of aromatic nitrogens is 4.